The molecule has 0 bridgehead atoms. The first-order chi connectivity index (χ1) is 9.30. The molecule has 110 valence electrons. The lowest BCUT2D eigenvalue weighted by molar-refractivity contribution is 0.0498. The average molecular weight is 342 g/mol. The number of amides is 1. The third kappa shape index (κ3) is 6.73. The normalized spacial score (nSPS) is 13.2. The second-order valence-corrected chi connectivity index (χ2v) is 6.26. The van der Waals surface area contributed by atoms with Crippen LogP contribution in [0.1, 0.15) is 26.3 Å². The lowest BCUT2D eigenvalue weighted by Crippen LogP contribution is -2.39. The topological polar surface area (TPSA) is 58.6 Å². The highest BCUT2D eigenvalue weighted by Gasteiger charge is 2.17. The number of ether oxygens (including phenoxy) is 1. The van der Waals surface area contributed by atoms with Crippen LogP contribution in [0.15, 0.2) is 34.8 Å². The summed E-state index contributed by atoms with van der Waals surface area (Å²) in [6.07, 6.45) is 3.02. The smallest absolute Gasteiger partial charge is 0.408 e. The van der Waals surface area contributed by atoms with Crippen LogP contribution in [0, 0.1) is 0 Å². The molecule has 0 radical (unpaired) electrons. The van der Waals surface area contributed by atoms with Crippen molar-refractivity contribution < 1.29 is 14.6 Å². The molecule has 1 amide bonds. The zero-order chi connectivity index (χ0) is 15.2. The van der Waals surface area contributed by atoms with E-state index >= 15 is 0 Å². The molecule has 1 atom stereocenters. The molecule has 2 N–H and O–H groups in total. The lowest BCUT2D eigenvalue weighted by Gasteiger charge is -2.21. The van der Waals surface area contributed by atoms with Crippen LogP contribution in [0.25, 0.3) is 6.08 Å². The summed E-state index contributed by atoms with van der Waals surface area (Å²) in [6, 6.07) is 7.24. The summed E-state index contributed by atoms with van der Waals surface area (Å²) in [5.41, 5.74) is 0.428. The van der Waals surface area contributed by atoms with Gasteiger partial charge in [0.25, 0.3) is 0 Å². The van der Waals surface area contributed by atoms with E-state index in [1.165, 1.54) is 0 Å². The number of carbonyl (C=O) groups excluding carboxylic acids is 1. The van der Waals surface area contributed by atoms with Gasteiger partial charge in [0, 0.05) is 4.47 Å². The van der Waals surface area contributed by atoms with E-state index in [4.69, 9.17) is 4.74 Å². The van der Waals surface area contributed by atoms with E-state index in [1.54, 1.807) is 26.8 Å². The Kier molecular flexibility index (Phi) is 6.23. The van der Waals surface area contributed by atoms with Crippen LogP contribution in [0.5, 0.6) is 0 Å². The van der Waals surface area contributed by atoms with Gasteiger partial charge in [0.15, 0.2) is 0 Å². The molecule has 0 aromatic heterocycles. The Morgan fingerprint density at radius 1 is 1.40 bits per heavy atom. The number of hydrogen-bond acceptors (Lipinski definition) is 3. The number of carbonyl (C=O) groups is 1. The molecule has 0 spiro atoms. The molecule has 0 aliphatic carbocycles. The first-order valence-corrected chi connectivity index (χ1v) is 7.13. The average Bonchev–Trinajstić information content (AvgIpc) is 2.34. The molecule has 0 saturated carbocycles. The Labute approximate surface area is 128 Å². The molecule has 1 aromatic rings. The number of benzene rings is 1. The summed E-state index contributed by atoms with van der Waals surface area (Å²) in [4.78, 5) is 11.6. The summed E-state index contributed by atoms with van der Waals surface area (Å²) >= 11 is 3.36. The molecule has 0 heterocycles. The SMILES string of the molecule is CC(C)(C)OC(=O)N[C@@H](C=Cc1ccc(Br)cc1)CO. The zero-order valence-corrected chi connectivity index (χ0v) is 13.5. The van der Waals surface area contributed by atoms with Crippen molar-refractivity contribution in [3.63, 3.8) is 0 Å². The Balaban J connectivity index is 2.58. The van der Waals surface area contributed by atoms with Gasteiger partial charge in [0.2, 0.25) is 0 Å². The van der Waals surface area contributed by atoms with Gasteiger partial charge in [0.1, 0.15) is 5.60 Å². The first-order valence-electron chi connectivity index (χ1n) is 6.34. The van der Waals surface area contributed by atoms with Crippen LogP contribution < -0.4 is 5.32 Å². The fourth-order valence-electron chi connectivity index (χ4n) is 1.41. The Morgan fingerprint density at radius 2 is 2.00 bits per heavy atom. The second-order valence-electron chi connectivity index (χ2n) is 5.35. The van der Waals surface area contributed by atoms with Crippen molar-refractivity contribution in [2.45, 2.75) is 32.4 Å². The van der Waals surface area contributed by atoms with Crippen LogP contribution in [0.2, 0.25) is 0 Å². The maximum absolute atomic E-state index is 11.6. The molecule has 0 fully saturated rings. The predicted molar refractivity (Wildman–Crippen MR) is 83.4 cm³/mol. The minimum absolute atomic E-state index is 0.188. The molecule has 1 aromatic carbocycles. The number of halogens is 1. The Bertz CT molecular complexity index is 463. The highest BCUT2D eigenvalue weighted by atomic mass is 79.9. The van der Waals surface area contributed by atoms with Gasteiger partial charge in [-0.1, -0.05) is 40.2 Å². The molecule has 5 heteroatoms. The number of hydrogen-bond donors (Lipinski definition) is 2. The van der Waals surface area contributed by atoms with Crippen molar-refractivity contribution in [3.05, 3.63) is 40.4 Å². The summed E-state index contributed by atoms with van der Waals surface area (Å²) in [5, 5.41) is 11.9. The minimum Gasteiger partial charge on any atom is -0.444 e. The van der Waals surface area contributed by atoms with Gasteiger partial charge < -0.3 is 15.2 Å². The minimum atomic E-state index is -0.556. The van der Waals surface area contributed by atoms with Crippen molar-refractivity contribution in [1.82, 2.24) is 5.32 Å². The summed E-state index contributed by atoms with van der Waals surface area (Å²) in [7, 11) is 0. The van der Waals surface area contributed by atoms with Gasteiger partial charge in [-0.3, -0.25) is 0 Å². The van der Waals surface area contributed by atoms with Crippen LogP contribution in [-0.4, -0.2) is 29.4 Å². The predicted octanol–water partition coefficient (Wildman–Crippen LogP) is 3.35. The molecule has 4 nitrogen and oxygen atoms in total. The molecule has 0 aliphatic rings. The Morgan fingerprint density at radius 3 is 2.50 bits per heavy atom. The van der Waals surface area contributed by atoms with Crippen molar-refractivity contribution in [2.24, 2.45) is 0 Å². The molecule has 0 saturated heterocycles. The van der Waals surface area contributed by atoms with E-state index < -0.39 is 17.7 Å². The highest BCUT2D eigenvalue weighted by molar-refractivity contribution is 9.10. The molecular weight excluding hydrogens is 322 g/mol. The van der Waals surface area contributed by atoms with Gasteiger partial charge in [-0.05, 0) is 38.5 Å². The van der Waals surface area contributed by atoms with E-state index in [1.807, 2.05) is 30.3 Å². The van der Waals surface area contributed by atoms with Crippen LogP contribution in [0.3, 0.4) is 0 Å². The van der Waals surface area contributed by atoms with Gasteiger partial charge in [-0.15, -0.1) is 0 Å². The Hall–Kier alpha value is -1.33. The van der Waals surface area contributed by atoms with Crippen molar-refractivity contribution in [2.75, 3.05) is 6.61 Å². The molecule has 0 unspecified atom stereocenters. The van der Waals surface area contributed by atoms with E-state index in [0.29, 0.717) is 0 Å². The molecule has 0 aliphatic heterocycles. The third-order valence-electron chi connectivity index (χ3n) is 2.29. The molecular formula is C15H20BrNO3. The van der Waals surface area contributed by atoms with Crippen molar-refractivity contribution >= 4 is 28.1 Å². The number of rotatable bonds is 4. The first kappa shape index (κ1) is 16.7. The monoisotopic (exact) mass is 341 g/mol. The fraction of sp³-hybridized carbons (Fsp3) is 0.400. The lowest BCUT2D eigenvalue weighted by atomic mass is 10.2. The van der Waals surface area contributed by atoms with Crippen LogP contribution >= 0.6 is 15.9 Å². The molecule has 20 heavy (non-hydrogen) atoms. The van der Waals surface area contributed by atoms with Crippen LogP contribution in [0.4, 0.5) is 4.79 Å². The maximum Gasteiger partial charge on any atom is 0.408 e. The number of aliphatic hydroxyl groups excluding tert-OH is 1. The van der Waals surface area contributed by atoms with E-state index in [0.717, 1.165) is 10.0 Å². The maximum atomic E-state index is 11.6. The van der Waals surface area contributed by atoms with Gasteiger partial charge in [-0.2, -0.15) is 0 Å². The molecule has 1 rings (SSSR count). The largest absolute Gasteiger partial charge is 0.444 e. The van der Waals surface area contributed by atoms with E-state index in [2.05, 4.69) is 21.2 Å². The van der Waals surface area contributed by atoms with Gasteiger partial charge >= 0.3 is 6.09 Å². The fourth-order valence-corrected chi connectivity index (χ4v) is 1.68. The second kappa shape index (κ2) is 7.45. The zero-order valence-electron chi connectivity index (χ0n) is 11.9. The quantitative estimate of drug-likeness (QED) is 0.882. The summed E-state index contributed by atoms with van der Waals surface area (Å²) < 4.78 is 6.14. The number of aliphatic hydroxyl groups is 1. The van der Waals surface area contributed by atoms with E-state index in [9.17, 15) is 9.90 Å². The number of alkyl carbamates (subject to hydrolysis) is 1. The third-order valence-corrected chi connectivity index (χ3v) is 2.82. The summed E-state index contributed by atoms with van der Waals surface area (Å²) in [5.74, 6) is 0. The van der Waals surface area contributed by atoms with Gasteiger partial charge in [0.05, 0.1) is 12.6 Å². The highest BCUT2D eigenvalue weighted by Crippen LogP contribution is 2.12. The van der Waals surface area contributed by atoms with Crippen LogP contribution in [-0.2, 0) is 4.74 Å². The standard InChI is InChI=1S/C15H20BrNO3/c1-15(2,3)20-14(19)17-13(10-18)9-6-11-4-7-12(16)8-5-11/h4-9,13,18H,10H2,1-3H3,(H,17,19)/t13-/m0/s1. The van der Waals surface area contributed by atoms with Crippen molar-refractivity contribution in [1.29, 1.82) is 0 Å². The number of nitrogens with one attached hydrogen (secondary N) is 1. The van der Waals surface area contributed by atoms with Crippen molar-refractivity contribution in [3.8, 4) is 0 Å². The van der Waals surface area contributed by atoms with E-state index in [-0.39, 0.29) is 6.61 Å². The summed E-state index contributed by atoms with van der Waals surface area (Å²) in [6.45, 7) is 5.18. The van der Waals surface area contributed by atoms with Gasteiger partial charge in [-0.25, -0.2) is 4.79 Å².